The summed E-state index contributed by atoms with van der Waals surface area (Å²) in [5.74, 6) is 2.44. The fraction of sp³-hybridized carbons (Fsp3) is 0.464. The average Bonchev–Trinajstić information content (AvgIpc) is 3.67. The van der Waals surface area contributed by atoms with Crippen LogP contribution in [-0.4, -0.2) is 63.5 Å². The second kappa shape index (κ2) is 7.42. The van der Waals surface area contributed by atoms with Crippen molar-refractivity contribution >= 4 is 22.6 Å². The van der Waals surface area contributed by atoms with E-state index >= 15 is 0 Å². The largest absolute Gasteiger partial charge is 0.354 e. The molecule has 2 saturated carbocycles. The number of amidine groups is 1. The third kappa shape index (κ3) is 3.51. The molecule has 3 aromatic rings. The summed E-state index contributed by atoms with van der Waals surface area (Å²) in [6.45, 7) is 6.10. The molecule has 1 atom stereocenters. The number of likely N-dealkylation sites (tertiary alicyclic amines) is 1. The van der Waals surface area contributed by atoms with Crippen molar-refractivity contribution in [1.29, 1.82) is 0 Å². The quantitative estimate of drug-likeness (QED) is 0.623. The molecule has 1 aromatic heterocycles. The van der Waals surface area contributed by atoms with Gasteiger partial charge in [-0.2, -0.15) is 5.10 Å². The molecule has 0 bridgehead atoms. The van der Waals surface area contributed by atoms with E-state index < -0.39 is 0 Å². The number of aryl methyl sites for hydroxylation is 1. The third-order valence-electron chi connectivity index (χ3n) is 8.20. The highest BCUT2D eigenvalue weighted by molar-refractivity contribution is 6.02. The number of hydrogen-bond donors (Lipinski definition) is 1. The van der Waals surface area contributed by atoms with E-state index in [0.29, 0.717) is 17.7 Å². The van der Waals surface area contributed by atoms with Crippen LogP contribution in [0.2, 0.25) is 0 Å². The van der Waals surface area contributed by atoms with Gasteiger partial charge in [0.05, 0.1) is 17.3 Å². The first-order chi connectivity index (χ1) is 16.6. The molecule has 1 spiro atoms. The van der Waals surface area contributed by atoms with Gasteiger partial charge in [-0.15, -0.1) is 0 Å². The van der Waals surface area contributed by atoms with E-state index in [4.69, 9.17) is 4.99 Å². The summed E-state index contributed by atoms with van der Waals surface area (Å²) < 4.78 is 0. The Labute approximate surface area is 200 Å². The van der Waals surface area contributed by atoms with Gasteiger partial charge in [-0.1, -0.05) is 24.3 Å². The van der Waals surface area contributed by atoms with Gasteiger partial charge >= 0.3 is 0 Å². The van der Waals surface area contributed by atoms with Crippen molar-refractivity contribution in [2.24, 2.45) is 16.8 Å². The molecule has 1 N–H and O–H groups in total. The van der Waals surface area contributed by atoms with E-state index in [1.54, 1.807) is 0 Å². The van der Waals surface area contributed by atoms with Crippen LogP contribution in [0.4, 0.5) is 0 Å². The zero-order valence-electron chi connectivity index (χ0n) is 19.8. The molecular formula is C28H31N5O. The van der Waals surface area contributed by atoms with Crippen molar-refractivity contribution in [3.8, 4) is 11.1 Å². The summed E-state index contributed by atoms with van der Waals surface area (Å²) >= 11 is 0. The average molecular weight is 454 g/mol. The maximum absolute atomic E-state index is 12.5. The number of hydrogen-bond acceptors (Lipinski definition) is 4. The first-order valence-electron chi connectivity index (χ1n) is 12.8. The summed E-state index contributed by atoms with van der Waals surface area (Å²) in [4.78, 5) is 22.4. The Balaban J connectivity index is 1.12. The Morgan fingerprint density at radius 1 is 1.12 bits per heavy atom. The van der Waals surface area contributed by atoms with Crippen molar-refractivity contribution in [1.82, 2.24) is 20.0 Å². The molecule has 1 amide bonds. The van der Waals surface area contributed by atoms with E-state index in [0.717, 1.165) is 56.3 Å². The number of aromatic amines is 1. The molecule has 2 aliphatic carbocycles. The Morgan fingerprint density at radius 2 is 1.94 bits per heavy atom. The van der Waals surface area contributed by atoms with E-state index in [1.165, 1.54) is 40.9 Å². The number of nitrogens with zero attached hydrogens (tertiary/aromatic N) is 4. The summed E-state index contributed by atoms with van der Waals surface area (Å²) in [6.07, 6.45) is 7.58. The predicted octanol–water partition coefficient (Wildman–Crippen LogP) is 4.39. The minimum atomic E-state index is 0.148. The van der Waals surface area contributed by atoms with Crippen molar-refractivity contribution < 1.29 is 4.79 Å². The first-order valence-corrected chi connectivity index (χ1v) is 12.8. The maximum Gasteiger partial charge on any atom is 0.225 e. The molecule has 4 aliphatic rings. The Hall–Kier alpha value is -3.15. The number of H-pyrrole nitrogens is 1. The molecule has 2 aliphatic heterocycles. The monoisotopic (exact) mass is 453 g/mol. The van der Waals surface area contributed by atoms with E-state index in [2.05, 4.69) is 63.3 Å². The summed E-state index contributed by atoms with van der Waals surface area (Å²) in [7, 11) is 0. The van der Waals surface area contributed by atoms with Gasteiger partial charge in [0.1, 0.15) is 5.84 Å². The molecule has 0 unspecified atom stereocenters. The lowest BCUT2D eigenvalue weighted by molar-refractivity contribution is -0.131. The van der Waals surface area contributed by atoms with Gasteiger partial charge < -0.3 is 9.80 Å². The molecule has 6 heteroatoms. The molecule has 3 fully saturated rings. The molecule has 1 saturated heterocycles. The number of nitrogens with one attached hydrogen (secondary N) is 1. The fourth-order valence-corrected chi connectivity index (χ4v) is 5.86. The molecular weight excluding hydrogens is 422 g/mol. The number of aliphatic imine (C=N–C) groups is 1. The second-order valence-electron chi connectivity index (χ2n) is 11.0. The van der Waals surface area contributed by atoms with Crippen LogP contribution < -0.4 is 0 Å². The SMILES string of the molecule is Cc1cc(-c2ccc3[nH]ncc3c2)ccc1C1=NC2(CC2)CN1C[C@@H]1CCN(C(=O)C2CC2)C1. The highest BCUT2D eigenvalue weighted by Gasteiger charge is 2.50. The number of carbonyl (C=O) groups excluding carboxylic acids is 1. The van der Waals surface area contributed by atoms with Gasteiger partial charge in [-0.05, 0) is 73.8 Å². The molecule has 34 heavy (non-hydrogen) atoms. The van der Waals surface area contributed by atoms with E-state index in [1.807, 2.05) is 6.20 Å². The minimum absolute atomic E-state index is 0.148. The van der Waals surface area contributed by atoms with Crippen molar-refractivity contribution in [3.05, 3.63) is 53.7 Å². The number of amides is 1. The third-order valence-corrected chi connectivity index (χ3v) is 8.20. The van der Waals surface area contributed by atoms with Crippen molar-refractivity contribution in [3.63, 3.8) is 0 Å². The van der Waals surface area contributed by atoms with E-state index in [9.17, 15) is 4.79 Å². The van der Waals surface area contributed by atoms with Gasteiger partial charge in [0.25, 0.3) is 0 Å². The van der Waals surface area contributed by atoms with Crippen molar-refractivity contribution in [2.45, 2.75) is 44.6 Å². The van der Waals surface area contributed by atoms with Gasteiger partial charge in [-0.3, -0.25) is 14.9 Å². The normalized spacial score (nSPS) is 23.2. The van der Waals surface area contributed by atoms with Gasteiger partial charge in [0.2, 0.25) is 5.91 Å². The van der Waals surface area contributed by atoms with Crippen LogP contribution in [0, 0.1) is 18.8 Å². The van der Waals surface area contributed by atoms with Crippen LogP contribution in [0.5, 0.6) is 0 Å². The number of benzene rings is 2. The smallest absolute Gasteiger partial charge is 0.225 e. The summed E-state index contributed by atoms with van der Waals surface area (Å²) in [5.41, 5.74) is 6.16. The number of rotatable bonds is 5. The molecule has 174 valence electrons. The van der Waals surface area contributed by atoms with Crippen LogP contribution in [0.25, 0.3) is 22.0 Å². The lowest BCUT2D eigenvalue weighted by Gasteiger charge is -2.26. The maximum atomic E-state index is 12.5. The predicted molar refractivity (Wildman–Crippen MR) is 134 cm³/mol. The standard InChI is InChI=1S/C28H31N5O/c1-18-12-21(22-5-7-25-23(13-22)14-29-31-25)4-6-24(18)26-30-28(9-10-28)17-33(26)16-19-8-11-32(15-19)27(34)20-2-3-20/h4-7,12-14,19-20H,2-3,8-11,15-17H2,1H3,(H,29,31)/t19-/m1/s1. The topological polar surface area (TPSA) is 64.6 Å². The summed E-state index contributed by atoms with van der Waals surface area (Å²) in [5, 5.41) is 8.31. The van der Waals surface area contributed by atoms with Gasteiger partial charge in [0.15, 0.2) is 0 Å². The van der Waals surface area contributed by atoms with Crippen LogP contribution in [-0.2, 0) is 4.79 Å². The number of fused-ring (bicyclic) bond motifs is 1. The highest BCUT2D eigenvalue weighted by Crippen LogP contribution is 2.45. The Morgan fingerprint density at radius 3 is 2.74 bits per heavy atom. The number of carbonyl (C=O) groups is 1. The second-order valence-corrected chi connectivity index (χ2v) is 11.0. The van der Waals surface area contributed by atoms with E-state index in [-0.39, 0.29) is 5.54 Å². The minimum Gasteiger partial charge on any atom is -0.354 e. The van der Waals surface area contributed by atoms with Crippen molar-refractivity contribution in [2.75, 3.05) is 26.2 Å². The van der Waals surface area contributed by atoms with Crippen LogP contribution in [0.3, 0.4) is 0 Å². The van der Waals surface area contributed by atoms with Crippen LogP contribution in [0.1, 0.15) is 43.2 Å². The Kier molecular flexibility index (Phi) is 4.42. The summed E-state index contributed by atoms with van der Waals surface area (Å²) in [6, 6.07) is 13.2. The molecule has 3 heterocycles. The fourth-order valence-electron chi connectivity index (χ4n) is 5.86. The number of aromatic nitrogens is 2. The van der Waals surface area contributed by atoms with Crippen LogP contribution >= 0.6 is 0 Å². The lowest BCUT2D eigenvalue weighted by Crippen LogP contribution is -2.37. The lowest BCUT2D eigenvalue weighted by atomic mass is 9.98. The van der Waals surface area contributed by atoms with Gasteiger partial charge in [-0.25, -0.2) is 0 Å². The highest BCUT2D eigenvalue weighted by atomic mass is 16.2. The molecule has 0 radical (unpaired) electrons. The molecule has 6 nitrogen and oxygen atoms in total. The Bertz CT molecular complexity index is 1320. The zero-order valence-corrected chi connectivity index (χ0v) is 19.8. The molecule has 2 aromatic carbocycles. The molecule has 7 rings (SSSR count). The first kappa shape index (κ1) is 20.2. The van der Waals surface area contributed by atoms with Gasteiger partial charge in [0, 0.05) is 43.0 Å². The van der Waals surface area contributed by atoms with Crippen LogP contribution in [0.15, 0.2) is 47.6 Å². The zero-order chi connectivity index (χ0) is 22.9.